The van der Waals surface area contributed by atoms with Gasteiger partial charge in [0.15, 0.2) is 0 Å². The van der Waals surface area contributed by atoms with Gasteiger partial charge in [0.05, 0.1) is 12.5 Å². The summed E-state index contributed by atoms with van der Waals surface area (Å²) in [5.41, 5.74) is 0.996. The first-order valence-electron chi connectivity index (χ1n) is 4.22. The lowest BCUT2D eigenvalue weighted by Crippen LogP contribution is -2.00. The smallest absolute Gasteiger partial charge is 0.214 e. The molecule has 14 heavy (non-hydrogen) atoms. The van der Waals surface area contributed by atoms with Gasteiger partial charge in [-0.05, 0) is 18.2 Å². The topological polar surface area (TPSA) is 38.1 Å². The Morgan fingerprint density at radius 2 is 2.29 bits per heavy atom. The normalized spacial score (nSPS) is 10.1. The molecule has 3 nitrogen and oxygen atoms in total. The highest BCUT2D eigenvalue weighted by Crippen LogP contribution is 2.06. The lowest BCUT2D eigenvalue weighted by Gasteiger charge is -2.02. The van der Waals surface area contributed by atoms with Crippen molar-refractivity contribution in [2.24, 2.45) is 0 Å². The standard InChI is InChI=1S/C10H9FN2O/c11-9-2-1-3-10(13-9)12-6-8-4-5-14-7-8/h1-5,7H,6H2,(H,12,13). The number of hydrogen-bond acceptors (Lipinski definition) is 3. The largest absolute Gasteiger partial charge is 0.472 e. The zero-order chi connectivity index (χ0) is 9.80. The summed E-state index contributed by atoms with van der Waals surface area (Å²) in [6, 6.07) is 6.47. The molecule has 2 aromatic rings. The van der Waals surface area contributed by atoms with Crippen molar-refractivity contribution in [3.63, 3.8) is 0 Å². The van der Waals surface area contributed by atoms with Gasteiger partial charge in [0.25, 0.3) is 0 Å². The van der Waals surface area contributed by atoms with E-state index in [2.05, 4.69) is 10.3 Å². The summed E-state index contributed by atoms with van der Waals surface area (Å²) < 4.78 is 17.6. The van der Waals surface area contributed by atoms with Crippen LogP contribution < -0.4 is 5.32 Å². The molecule has 0 aliphatic carbocycles. The van der Waals surface area contributed by atoms with Crippen molar-refractivity contribution in [2.45, 2.75) is 6.54 Å². The van der Waals surface area contributed by atoms with Gasteiger partial charge < -0.3 is 9.73 Å². The number of pyridine rings is 1. The number of nitrogens with one attached hydrogen (secondary N) is 1. The highest BCUT2D eigenvalue weighted by molar-refractivity contribution is 5.34. The first kappa shape index (κ1) is 8.74. The Hall–Kier alpha value is -1.84. The van der Waals surface area contributed by atoms with Crippen molar-refractivity contribution in [1.29, 1.82) is 0 Å². The van der Waals surface area contributed by atoms with E-state index in [9.17, 15) is 4.39 Å². The summed E-state index contributed by atoms with van der Waals surface area (Å²) in [6.45, 7) is 0.576. The van der Waals surface area contributed by atoms with Crippen LogP contribution in [0, 0.1) is 5.95 Å². The van der Waals surface area contributed by atoms with E-state index in [-0.39, 0.29) is 0 Å². The zero-order valence-corrected chi connectivity index (χ0v) is 7.40. The molecule has 0 radical (unpaired) electrons. The Labute approximate surface area is 80.6 Å². The maximum atomic E-state index is 12.7. The van der Waals surface area contributed by atoms with Gasteiger partial charge in [-0.25, -0.2) is 4.98 Å². The molecule has 2 heterocycles. The van der Waals surface area contributed by atoms with Crippen LogP contribution in [0.5, 0.6) is 0 Å². The molecule has 0 saturated carbocycles. The zero-order valence-electron chi connectivity index (χ0n) is 7.40. The van der Waals surface area contributed by atoms with Gasteiger partial charge in [0.1, 0.15) is 5.82 Å². The monoisotopic (exact) mass is 192 g/mol. The molecule has 2 aromatic heterocycles. The number of anilines is 1. The summed E-state index contributed by atoms with van der Waals surface area (Å²) in [5, 5.41) is 2.98. The van der Waals surface area contributed by atoms with Gasteiger partial charge in [-0.1, -0.05) is 6.07 Å². The van der Waals surface area contributed by atoms with Gasteiger partial charge in [-0.15, -0.1) is 0 Å². The first-order chi connectivity index (χ1) is 6.84. The average Bonchev–Trinajstić information content (AvgIpc) is 2.67. The number of hydrogen-bond donors (Lipinski definition) is 1. The highest BCUT2D eigenvalue weighted by atomic mass is 19.1. The molecule has 0 saturated heterocycles. The summed E-state index contributed by atoms with van der Waals surface area (Å²) in [6.07, 6.45) is 3.22. The third-order valence-corrected chi connectivity index (χ3v) is 1.77. The SMILES string of the molecule is Fc1cccc(NCc2ccoc2)n1. The molecule has 4 heteroatoms. The van der Waals surface area contributed by atoms with Gasteiger partial charge in [-0.3, -0.25) is 0 Å². The Morgan fingerprint density at radius 1 is 1.36 bits per heavy atom. The van der Waals surface area contributed by atoms with Crippen LogP contribution in [0.1, 0.15) is 5.56 Å². The summed E-state index contributed by atoms with van der Waals surface area (Å²) in [4.78, 5) is 3.66. The predicted octanol–water partition coefficient (Wildman–Crippen LogP) is 2.43. The fraction of sp³-hybridized carbons (Fsp3) is 0.100. The van der Waals surface area contributed by atoms with Crippen LogP contribution in [-0.4, -0.2) is 4.98 Å². The molecule has 0 spiro atoms. The number of nitrogens with zero attached hydrogens (tertiary/aromatic N) is 1. The second-order valence-corrected chi connectivity index (χ2v) is 2.83. The Bertz CT molecular complexity index is 400. The lowest BCUT2D eigenvalue weighted by molar-refractivity contribution is 0.564. The molecule has 0 bridgehead atoms. The van der Waals surface area contributed by atoms with Crippen molar-refractivity contribution >= 4 is 5.82 Å². The fourth-order valence-electron chi connectivity index (χ4n) is 1.09. The molecule has 0 fully saturated rings. The van der Waals surface area contributed by atoms with E-state index in [0.29, 0.717) is 12.4 Å². The molecular weight excluding hydrogens is 183 g/mol. The van der Waals surface area contributed by atoms with E-state index in [1.807, 2.05) is 6.07 Å². The van der Waals surface area contributed by atoms with E-state index in [1.54, 1.807) is 24.7 Å². The molecule has 0 unspecified atom stereocenters. The summed E-state index contributed by atoms with van der Waals surface area (Å²) in [5.74, 6) is 0.0355. The van der Waals surface area contributed by atoms with Gasteiger partial charge >= 0.3 is 0 Å². The molecule has 0 amide bonds. The third-order valence-electron chi connectivity index (χ3n) is 1.77. The van der Waals surface area contributed by atoms with Gasteiger partial charge in [0.2, 0.25) is 5.95 Å². The van der Waals surface area contributed by atoms with Crippen molar-refractivity contribution in [3.05, 3.63) is 48.3 Å². The van der Waals surface area contributed by atoms with E-state index >= 15 is 0 Å². The Kier molecular flexibility index (Phi) is 2.44. The number of aromatic nitrogens is 1. The Morgan fingerprint density at radius 3 is 3.00 bits per heavy atom. The van der Waals surface area contributed by atoms with Crippen LogP contribution in [0.3, 0.4) is 0 Å². The lowest BCUT2D eigenvalue weighted by atomic mass is 10.3. The molecular formula is C10H9FN2O. The number of rotatable bonds is 3. The summed E-state index contributed by atoms with van der Waals surface area (Å²) >= 11 is 0. The minimum Gasteiger partial charge on any atom is -0.472 e. The molecule has 72 valence electrons. The molecule has 1 N–H and O–H groups in total. The third kappa shape index (κ3) is 2.10. The maximum absolute atomic E-state index is 12.7. The predicted molar refractivity (Wildman–Crippen MR) is 50.2 cm³/mol. The van der Waals surface area contributed by atoms with E-state index < -0.39 is 5.95 Å². The molecule has 0 atom stereocenters. The van der Waals surface area contributed by atoms with Crippen LogP contribution in [0.2, 0.25) is 0 Å². The van der Waals surface area contributed by atoms with Crippen LogP contribution >= 0.6 is 0 Å². The quantitative estimate of drug-likeness (QED) is 0.759. The number of halogens is 1. The Balaban J connectivity index is 1.98. The van der Waals surface area contributed by atoms with Crippen LogP contribution in [0.15, 0.2) is 41.2 Å². The minimum absolute atomic E-state index is 0.484. The van der Waals surface area contributed by atoms with Crippen molar-refractivity contribution < 1.29 is 8.81 Å². The second-order valence-electron chi connectivity index (χ2n) is 2.83. The van der Waals surface area contributed by atoms with Crippen molar-refractivity contribution in [3.8, 4) is 0 Å². The summed E-state index contributed by atoms with van der Waals surface area (Å²) in [7, 11) is 0. The first-order valence-corrected chi connectivity index (χ1v) is 4.22. The van der Waals surface area contributed by atoms with Crippen molar-refractivity contribution in [1.82, 2.24) is 4.98 Å². The average molecular weight is 192 g/mol. The second kappa shape index (κ2) is 3.91. The van der Waals surface area contributed by atoms with Gasteiger partial charge in [-0.2, -0.15) is 4.39 Å². The maximum Gasteiger partial charge on any atom is 0.214 e. The van der Waals surface area contributed by atoms with Crippen molar-refractivity contribution in [2.75, 3.05) is 5.32 Å². The molecule has 2 rings (SSSR count). The minimum atomic E-state index is -0.484. The molecule has 0 aromatic carbocycles. The van der Waals surface area contributed by atoms with Crippen LogP contribution in [0.25, 0.3) is 0 Å². The molecule has 0 aliphatic heterocycles. The van der Waals surface area contributed by atoms with Gasteiger partial charge in [0, 0.05) is 12.1 Å². The van der Waals surface area contributed by atoms with E-state index in [4.69, 9.17) is 4.42 Å². The van der Waals surface area contributed by atoms with E-state index in [0.717, 1.165) is 5.56 Å². The number of furan rings is 1. The van der Waals surface area contributed by atoms with Crippen LogP contribution in [0.4, 0.5) is 10.2 Å². The fourth-order valence-corrected chi connectivity index (χ4v) is 1.09. The highest BCUT2D eigenvalue weighted by Gasteiger charge is 1.97. The van der Waals surface area contributed by atoms with Crippen LogP contribution in [-0.2, 0) is 6.54 Å². The van der Waals surface area contributed by atoms with E-state index in [1.165, 1.54) is 6.07 Å². The molecule has 0 aliphatic rings.